The minimum atomic E-state index is -1.47. The van der Waals surface area contributed by atoms with Gasteiger partial charge in [-0.3, -0.25) is 0 Å². The number of nitrogens with zero attached hydrogens (tertiary/aromatic N) is 1. The lowest BCUT2D eigenvalue weighted by Gasteiger charge is -2.39. The molecule has 2 bridgehead atoms. The Hall–Kier alpha value is -0.880. The quantitative estimate of drug-likeness (QED) is 0.672. The second-order valence-corrected chi connectivity index (χ2v) is 4.93. The Bertz CT molecular complexity index is 305. The third kappa shape index (κ3) is 0.978. The molecule has 4 atom stereocenters. The van der Waals surface area contributed by atoms with E-state index in [2.05, 4.69) is 6.07 Å². The third-order valence-electron chi connectivity index (χ3n) is 4.18. The number of rotatable bonds is 2. The first-order valence-electron chi connectivity index (χ1n) is 5.16. The lowest BCUT2D eigenvalue weighted by molar-refractivity contribution is -0.136. The monoisotopic (exact) mass is 193 g/mol. The van der Waals surface area contributed by atoms with Crippen molar-refractivity contribution in [1.82, 2.24) is 0 Å². The molecule has 14 heavy (non-hydrogen) atoms. The summed E-state index contributed by atoms with van der Waals surface area (Å²) in [5.41, 5.74) is -2.28. The van der Waals surface area contributed by atoms with Crippen LogP contribution in [0.25, 0.3) is 0 Å². The molecule has 0 saturated heterocycles. The molecule has 2 aliphatic carbocycles. The van der Waals surface area contributed by atoms with Crippen molar-refractivity contribution in [3.63, 3.8) is 0 Å². The summed E-state index contributed by atoms with van der Waals surface area (Å²) in [7, 11) is 0. The highest BCUT2D eigenvalue weighted by Gasteiger charge is 2.60. The molecule has 2 aliphatic rings. The molecule has 0 spiro atoms. The first kappa shape index (κ1) is 9.67. The average Bonchev–Trinajstić information content (AvgIpc) is 2.77. The van der Waals surface area contributed by atoms with Crippen LogP contribution in [0.15, 0.2) is 0 Å². The number of aldehydes is 1. The molecule has 0 aromatic carbocycles. The largest absolute Gasteiger partial charge is 0.381 e. The molecule has 2 saturated carbocycles. The van der Waals surface area contributed by atoms with Crippen LogP contribution >= 0.6 is 0 Å². The predicted octanol–water partition coefficient (Wildman–Crippen LogP) is 1.27. The van der Waals surface area contributed by atoms with Gasteiger partial charge < -0.3 is 9.90 Å². The fourth-order valence-electron chi connectivity index (χ4n) is 3.31. The molecule has 2 fully saturated rings. The maximum absolute atomic E-state index is 10.9. The van der Waals surface area contributed by atoms with Gasteiger partial charge in [0.25, 0.3) is 0 Å². The summed E-state index contributed by atoms with van der Waals surface area (Å²) in [6.45, 7) is 1.48. The van der Waals surface area contributed by atoms with Crippen LogP contribution in [0.4, 0.5) is 0 Å². The highest BCUT2D eigenvalue weighted by atomic mass is 16.3. The third-order valence-corrected chi connectivity index (χ3v) is 4.18. The van der Waals surface area contributed by atoms with Crippen molar-refractivity contribution in [3.8, 4) is 6.07 Å². The molecule has 0 amide bonds. The van der Waals surface area contributed by atoms with Gasteiger partial charge in [0, 0.05) is 0 Å². The van der Waals surface area contributed by atoms with E-state index in [0.717, 1.165) is 19.3 Å². The van der Waals surface area contributed by atoms with Crippen LogP contribution in [-0.2, 0) is 4.79 Å². The number of nitriles is 1. The Morgan fingerprint density at radius 1 is 1.64 bits per heavy atom. The van der Waals surface area contributed by atoms with Crippen molar-refractivity contribution >= 4 is 6.29 Å². The fraction of sp³-hybridized carbons (Fsp3) is 0.818. The molecule has 0 heterocycles. The lowest BCUT2D eigenvalue weighted by Crippen LogP contribution is -2.49. The van der Waals surface area contributed by atoms with E-state index in [9.17, 15) is 15.2 Å². The van der Waals surface area contributed by atoms with Crippen LogP contribution in [0.5, 0.6) is 0 Å². The van der Waals surface area contributed by atoms with Crippen LogP contribution in [0.1, 0.15) is 32.6 Å². The van der Waals surface area contributed by atoms with E-state index in [4.69, 9.17) is 0 Å². The van der Waals surface area contributed by atoms with Crippen molar-refractivity contribution in [2.45, 2.75) is 38.2 Å². The summed E-state index contributed by atoms with van der Waals surface area (Å²) in [6, 6.07) is 2.22. The Morgan fingerprint density at radius 2 is 2.36 bits per heavy atom. The van der Waals surface area contributed by atoms with Crippen LogP contribution in [-0.4, -0.2) is 17.0 Å². The summed E-state index contributed by atoms with van der Waals surface area (Å²) in [5, 5.41) is 19.2. The zero-order valence-electron chi connectivity index (χ0n) is 8.36. The van der Waals surface area contributed by atoms with E-state index in [0.29, 0.717) is 18.6 Å². The van der Waals surface area contributed by atoms with Gasteiger partial charge in [-0.1, -0.05) is 6.42 Å². The van der Waals surface area contributed by atoms with Crippen LogP contribution in [0.2, 0.25) is 0 Å². The molecule has 0 aliphatic heterocycles. The van der Waals surface area contributed by atoms with Crippen molar-refractivity contribution in [2.75, 3.05) is 0 Å². The minimum Gasteiger partial charge on any atom is -0.381 e. The molecule has 0 aromatic heterocycles. The SMILES string of the molecule is CC(O)(C=O)C1(C#N)CC2CCC1C2. The van der Waals surface area contributed by atoms with Crippen molar-refractivity contribution in [3.05, 3.63) is 0 Å². The Labute approximate surface area is 83.7 Å². The van der Waals surface area contributed by atoms with Crippen LogP contribution < -0.4 is 0 Å². The summed E-state index contributed by atoms with van der Waals surface area (Å²) >= 11 is 0. The van der Waals surface area contributed by atoms with E-state index >= 15 is 0 Å². The number of aliphatic hydroxyl groups is 1. The van der Waals surface area contributed by atoms with Gasteiger partial charge in [-0.05, 0) is 38.0 Å². The van der Waals surface area contributed by atoms with E-state index < -0.39 is 11.0 Å². The normalized spacial score (nSPS) is 44.4. The molecule has 4 unspecified atom stereocenters. The highest BCUT2D eigenvalue weighted by Crippen LogP contribution is 2.59. The highest BCUT2D eigenvalue weighted by molar-refractivity contribution is 5.65. The Kier molecular flexibility index (Phi) is 1.94. The van der Waals surface area contributed by atoms with Gasteiger partial charge in [-0.2, -0.15) is 5.26 Å². The topological polar surface area (TPSA) is 61.1 Å². The molecule has 76 valence electrons. The molecule has 2 rings (SSSR count). The Morgan fingerprint density at radius 3 is 2.71 bits per heavy atom. The summed E-state index contributed by atoms with van der Waals surface area (Å²) in [5.74, 6) is 0.767. The van der Waals surface area contributed by atoms with Crippen LogP contribution in [0.3, 0.4) is 0 Å². The second-order valence-electron chi connectivity index (χ2n) is 4.93. The maximum Gasteiger partial charge on any atom is 0.152 e. The molecule has 0 radical (unpaired) electrons. The molecule has 1 N–H and O–H groups in total. The van der Waals surface area contributed by atoms with E-state index in [1.807, 2.05) is 0 Å². The number of carbonyl (C=O) groups excluding carboxylic acids is 1. The van der Waals surface area contributed by atoms with Crippen molar-refractivity contribution in [1.29, 1.82) is 5.26 Å². The van der Waals surface area contributed by atoms with Gasteiger partial charge in [-0.25, -0.2) is 0 Å². The minimum absolute atomic E-state index is 0.220. The predicted molar refractivity (Wildman–Crippen MR) is 50.2 cm³/mol. The summed E-state index contributed by atoms with van der Waals surface area (Å²) in [6.07, 6.45) is 4.39. The standard InChI is InChI=1S/C11H15NO2/c1-10(14,7-13)11(6-12)5-8-2-3-9(11)4-8/h7-9,14H,2-5H2,1H3. The number of fused-ring (bicyclic) bond motifs is 2. The lowest BCUT2D eigenvalue weighted by atomic mass is 9.64. The van der Waals surface area contributed by atoms with Gasteiger partial charge in [0.15, 0.2) is 6.29 Å². The molecule has 3 heteroatoms. The molecule has 3 nitrogen and oxygen atoms in total. The number of hydrogen-bond donors (Lipinski definition) is 1. The van der Waals surface area contributed by atoms with Crippen molar-refractivity contribution < 1.29 is 9.90 Å². The molecular formula is C11H15NO2. The smallest absolute Gasteiger partial charge is 0.152 e. The zero-order valence-corrected chi connectivity index (χ0v) is 8.36. The first-order valence-corrected chi connectivity index (χ1v) is 5.16. The van der Waals surface area contributed by atoms with Gasteiger partial charge >= 0.3 is 0 Å². The second kappa shape index (κ2) is 2.80. The number of carbonyl (C=O) groups is 1. The maximum atomic E-state index is 10.9. The van der Waals surface area contributed by atoms with Crippen LogP contribution in [0, 0.1) is 28.6 Å². The van der Waals surface area contributed by atoms with Gasteiger partial charge in [0.2, 0.25) is 0 Å². The average molecular weight is 193 g/mol. The first-order chi connectivity index (χ1) is 6.55. The summed E-state index contributed by atoms with van der Waals surface area (Å²) < 4.78 is 0. The summed E-state index contributed by atoms with van der Waals surface area (Å²) in [4.78, 5) is 10.9. The van der Waals surface area contributed by atoms with E-state index in [1.165, 1.54) is 6.92 Å². The van der Waals surface area contributed by atoms with E-state index in [1.54, 1.807) is 0 Å². The number of hydrogen-bond acceptors (Lipinski definition) is 3. The van der Waals surface area contributed by atoms with Gasteiger partial charge in [0.05, 0.1) is 11.5 Å². The zero-order chi connectivity index (χ0) is 10.4. The van der Waals surface area contributed by atoms with Crippen molar-refractivity contribution in [2.24, 2.45) is 17.3 Å². The molecular weight excluding hydrogens is 178 g/mol. The van der Waals surface area contributed by atoms with E-state index in [-0.39, 0.29) is 5.92 Å². The molecule has 0 aromatic rings. The van der Waals surface area contributed by atoms with Gasteiger partial charge in [-0.15, -0.1) is 0 Å². The Balaban J connectivity index is 2.38. The fourth-order valence-corrected chi connectivity index (χ4v) is 3.31. The van der Waals surface area contributed by atoms with Gasteiger partial charge in [0.1, 0.15) is 5.60 Å².